The molecule has 27 heavy (non-hydrogen) atoms. The summed E-state index contributed by atoms with van der Waals surface area (Å²) in [5.41, 5.74) is 1.47. The van der Waals surface area contributed by atoms with Gasteiger partial charge >= 0.3 is 0 Å². The summed E-state index contributed by atoms with van der Waals surface area (Å²) in [4.78, 5) is 12.4. The van der Waals surface area contributed by atoms with Gasteiger partial charge in [0.1, 0.15) is 18.4 Å². The number of aryl methyl sites for hydroxylation is 1. The molecule has 0 aromatic heterocycles. The molecule has 0 radical (unpaired) electrons. The molecule has 1 amide bonds. The van der Waals surface area contributed by atoms with Crippen molar-refractivity contribution in [3.8, 4) is 5.75 Å². The van der Waals surface area contributed by atoms with Crippen molar-refractivity contribution >= 4 is 33.2 Å². The Morgan fingerprint density at radius 1 is 1.22 bits per heavy atom. The van der Waals surface area contributed by atoms with Crippen LogP contribution in [-0.2, 0) is 14.8 Å². The fourth-order valence-corrected chi connectivity index (χ4v) is 3.90. The molecule has 2 rings (SSSR count). The van der Waals surface area contributed by atoms with E-state index in [0.29, 0.717) is 16.5 Å². The molecule has 2 aromatic carbocycles. The van der Waals surface area contributed by atoms with E-state index in [9.17, 15) is 13.2 Å². The summed E-state index contributed by atoms with van der Waals surface area (Å²) in [6.45, 7) is 4.04. The summed E-state index contributed by atoms with van der Waals surface area (Å²) in [6.07, 6.45) is 1.05. The summed E-state index contributed by atoms with van der Waals surface area (Å²) in [6, 6.07) is 13.0. The van der Waals surface area contributed by atoms with E-state index in [1.54, 1.807) is 18.2 Å². The predicted octanol–water partition coefficient (Wildman–Crippen LogP) is 3.00. The molecule has 0 spiro atoms. The summed E-state index contributed by atoms with van der Waals surface area (Å²) < 4.78 is 31.0. The minimum absolute atomic E-state index is 0.254. The van der Waals surface area contributed by atoms with Gasteiger partial charge < -0.3 is 10.1 Å². The second-order valence-corrected chi connectivity index (χ2v) is 8.46. The average molecular weight is 411 g/mol. The number of halogens is 1. The summed E-state index contributed by atoms with van der Waals surface area (Å²) in [5.74, 6) is 0.285. The Bertz CT molecular complexity index is 885. The normalized spacial score (nSPS) is 12.3. The smallest absolute Gasteiger partial charge is 0.243 e. The van der Waals surface area contributed by atoms with Gasteiger partial charge in [0, 0.05) is 5.02 Å². The Morgan fingerprint density at radius 3 is 2.48 bits per heavy atom. The fraction of sp³-hybridized carbons (Fsp3) is 0.316. The molecule has 1 N–H and O–H groups in total. The van der Waals surface area contributed by atoms with Gasteiger partial charge in [-0.05, 0) is 44.2 Å². The number of rotatable bonds is 8. The minimum Gasteiger partial charge on any atom is -0.492 e. The Labute approximate surface area is 165 Å². The van der Waals surface area contributed by atoms with E-state index in [0.717, 1.165) is 16.1 Å². The molecule has 8 heteroatoms. The van der Waals surface area contributed by atoms with Gasteiger partial charge in [-0.15, -0.1) is 0 Å². The Balaban J connectivity index is 1.97. The first-order chi connectivity index (χ1) is 12.7. The molecular weight excluding hydrogens is 388 g/mol. The number of hydrogen-bond acceptors (Lipinski definition) is 4. The summed E-state index contributed by atoms with van der Waals surface area (Å²) in [7, 11) is -3.67. The lowest BCUT2D eigenvalue weighted by Gasteiger charge is -2.28. The highest BCUT2D eigenvalue weighted by Gasteiger charge is 2.29. The number of carbonyl (C=O) groups is 1. The van der Waals surface area contributed by atoms with Crippen LogP contribution < -0.4 is 14.4 Å². The van der Waals surface area contributed by atoms with E-state index in [4.69, 9.17) is 16.3 Å². The van der Waals surface area contributed by atoms with Crippen LogP contribution in [0.25, 0.3) is 0 Å². The van der Waals surface area contributed by atoms with Crippen LogP contribution in [0.5, 0.6) is 5.75 Å². The average Bonchev–Trinajstić information content (AvgIpc) is 2.59. The van der Waals surface area contributed by atoms with E-state index in [-0.39, 0.29) is 13.2 Å². The third kappa shape index (κ3) is 6.15. The highest BCUT2D eigenvalue weighted by molar-refractivity contribution is 7.92. The zero-order valence-corrected chi connectivity index (χ0v) is 17.0. The molecule has 0 saturated carbocycles. The van der Waals surface area contributed by atoms with Crippen molar-refractivity contribution in [2.24, 2.45) is 0 Å². The van der Waals surface area contributed by atoms with Gasteiger partial charge in [-0.2, -0.15) is 0 Å². The third-order valence-corrected chi connectivity index (χ3v) is 5.32. The van der Waals surface area contributed by atoms with Crippen molar-refractivity contribution in [3.05, 3.63) is 59.1 Å². The van der Waals surface area contributed by atoms with Gasteiger partial charge in [0.25, 0.3) is 0 Å². The molecule has 146 valence electrons. The fourth-order valence-electron chi connectivity index (χ4n) is 2.55. The van der Waals surface area contributed by atoms with E-state index >= 15 is 0 Å². The maximum Gasteiger partial charge on any atom is 0.243 e. The molecule has 0 aliphatic carbocycles. The lowest BCUT2D eigenvalue weighted by molar-refractivity contribution is -0.121. The molecule has 0 aliphatic rings. The van der Waals surface area contributed by atoms with Crippen molar-refractivity contribution in [2.75, 3.05) is 23.7 Å². The Kier molecular flexibility index (Phi) is 7.10. The van der Waals surface area contributed by atoms with E-state index in [1.807, 2.05) is 31.2 Å². The highest BCUT2D eigenvalue weighted by Crippen LogP contribution is 2.24. The summed E-state index contributed by atoms with van der Waals surface area (Å²) in [5, 5.41) is 3.09. The first kappa shape index (κ1) is 21.1. The molecule has 0 aliphatic heterocycles. The second kappa shape index (κ2) is 9.10. The number of nitrogens with zero attached hydrogens (tertiary/aromatic N) is 1. The Hall–Kier alpha value is -2.25. The molecule has 0 bridgehead atoms. The maximum absolute atomic E-state index is 12.4. The number of amides is 1. The minimum atomic E-state index is -3.67. The van der Waals surface area contributed by atoms with E-state index in [1.165, 1.54) is 13.0 Å². The number of ether oxygens (including phenoxy) is 1. The molecule has 1 atom stereocenters. The first-order valence-corrected chi connectivity index (χ1v) is 10.6. The lowest BCUT2D eigenvalue weighted by atomic mass is 10.2. The zero-order valence-electron chi connectivity index (χ0n) is 15.5. The second-order valence-electron chi connectivity index (χ2n) is 6.17. The van der Waals surface area contributed by atoms with Gasteiger partial charge in [-0.25, -0.2) is 8.42 Å². The molecule has 0 fully saturated rings. The molecule has 0 saturated heterocycles. The van der Waals surface area contributed by atoms with Crippen molar-refractivity contribution in [2.45, 2.75) is 19.9 Å². The molecule has 2 aromatic rings. The van der Waals surface area contributed by atoms with Crippen molar-refractivity contribution in [1.29, 1.82) is 0 Å². The van der Waals surface area contributed by atoms with Crippen LogP contribution in [-0.4, -0.2) is 39.8 Å². The van der Waals surface area contributed by atoms with Gasteiger partial charge in [-0.3, -0.25) is 9.10 Å². The quantitative estimate of drug-likeness (QED) is 0.679. The number of nitrogens with one attached hydrogen (secondary N) is 1. The van der Waals surface area contributed by atoms with Gasteiger partial charge in [0.05, 0.1) is 18.5 Å². The number of sulfonamides is 1. The monoisotopic (exact) mass is 410 g/mol. The van der Waals surface area contributed by atoms with Crippen molar-refractivity contribution < 1.29 is 17.9 Å². The standard InChI is InChI=1S/C19H23ClN2O4S/c1-14-7-9-18(10-8-14)26-12-11-21-19(23)15(2)22(27(3,24)25)17-6-4-5-16(20)13-17/h4-10,13,15H,11-12H2,1-3H3,(H,21,23)/t15-/m0/s1. The number of anilines is 1. The summed E-state index contributed by atoms with van der Waals surface area (Å²) >= 11 is 5.96. The van der Waals surface area contributed by atoms with Crippen LogP contribution >= 0.6 is 11.6 Å². The topological polar surface area (TPSA) is 75.7 Å². The number of hydrogen-bond donors (Lipinski definition) is 1. The van der Waals surface area contributed by atoms with Crippen LogP contribution in [0.4, 0.5) is 5.69 Å². The van der Waals surface area contributed by atoms with E-state index < -0.39 is 22.0 Å². The van der Waals surface area contributed by atoms with Crippen molar-refractivity contribution in [1.82, 2.24) is 5.32 Å². The van der Waals surface area contributed by atoms with Crippen LogP contribution in [0.1, 0.15) is 12.5 Å². The predicted molar refractivity (Wildman–Crippen MR) is 108 cm³/mol. The van der Waals surface area contributed by atoms with Crippen LogP contribution in [0.2, 0.25) is 5.02 Å². The van der Waals surface area contributed by atoms with Gasteiger partial charge in [0.2, 0.25) is 15.9 Å². The van der Waals surface area contributed by atoms with Crippen molar-refractivity contribution in [3.63, 3.8) is 0 Å². The largest absolute Gasteiger partial charge is 0.492 e. The van der Waals surface area contributed by atoms with Crippen LogP contribution in [0.3, 0.4) is 0 Å². The third-order valence-electron chi connectivity index (χ3n) is 3.84. The van der Waals surface area contributed by atoms with Gasteiger partial charge in [0.15, 0.2) is 0 Å². The van der Waals surface area contributed by atoms with Gasteiger partial charge in [-0.1, -0.05) is 35.4 Å². The Morgan fingerprint density at radius 2 is 1.89 bits per heavy atom. The lowest BCUT2D eigenvalue weighted by Crippen LogP contribution is -2.48. The van der Waals surface area contributed by atoms with Crippen LogP contribution in [0.15, 0.2) is 48.5 Å². The molecule has 0 unspecified atom stereocenters. The molecule has 6 nitrogen and oxygen atoms in total. The molecular formula is C19H23ClN2O4S. The zero-order chi connectivity index (χ0) is 20.0. The highest BCUT2D eigenvalue weighted by atomic mass is 35.5. The first-order valence-electron chi connectivity index (χ1n) is 8.40. The SMILES string of the molecule is Cc1ccc(OCCNC(=O)[C@H](C)N(c2cccc(Cl)c2)S(C)(=O)=O)cc1. The number of benzene rings is 2. The maximum atomic E-state index is 12.4. The van der Waals surface area contributed by atoms with E-state index in [2.05, 4.69) is 5.32 Å². The molecule has 0 heterocycles. The number of carbonyl (C=O) groups excluding carboxylic acids is 1. The van der Waals surface area contributed by atoms with Crippen LogP contribution in [0, 0.1) is 6.92 Å².